The zero-order valence-corrected chi connectivity index (χ0v) is 16.7. The molecule has 27 heavy (non-hydrogen) atoms. The first-order valence-electron chi connectivity index (χ1n) is 9.39. The first-order chi connectivity index (χ1) is 13.2. The monoisotopic (exact) mass is 379 g/mol. The Balaban J connectivity index is 1.64. The van der Waals surface area contributed by atoms with Crippen LogP contribution in [0.4, 0.5) is 0 Å². The van der Waals surface area contributed by atoms with E-state index in [9.17, 15) is 5.11 Å². The molecule has 0 bridgehead atoms. The molecule has 1 aromatic heterocycles. The molecule has 0 radical (unpaired) electrons. The molecule has 0 unspecified atom stereocenters. The van der Waals surface area contributed by atoms with Crippen molar-refractivity contribution in [2.75, 3.05) is 20.2 Å². The molecule has 2 aromatic carbocycles. The number of aryl methyl sites for hydroxylation is 1. The summed E-state index contributed by atoms with van der Waals surface area (Å²) in [5.74, 6) is 0.843. The minimum atomic E-state index is 0.267. The van der Waals surface area contributed by atoms with Crippen molar-refractivity contribution < 1.29 is 9.84 Å². The number of fused-ring (bicyclic) bond motifs is 1. The van der Waals surface area contributed by atoms with Gasteiger partial charge in [-0.15, -0.1) is 11.3 Å². The van der Waals surface area contributed by atoms with Gasteiger partial charge in [0.2, 0.25) is 0 Å². The maximum Gasteiger partial charge on any atom is 0.166 e. The maximum atomic E-state index is 10.9. The SMILES string of the molecule is COc1cc2c(c(-c3cc(C)cs3)c1O)CN(CCc1ccccc1)CC2. The zero-order chi connectivity index (χ0) is 18.8. The van der Waals surface area contributed by atoms with E-state index in [1.54, 1.807) is 18.4 Å². The number of thiophene rings is 1. The molecule has 0 aliphatic carbocycles. The van der Waals surface area contributed by atoms with Crippen LogP contribution >= 0.6 is 11.3 Å². The van der Waals surface area contributed by atoms with Crippen LogP contribution in [-0.2, 0) is 19.4 Å². The van der Waals surface area contributed by atoms with E-state index >= 15 is 0 Å². The lowest BCUT2D eigenvalue weighted by Gasteiger charge is -2.31. The summed E-state index contributed by atoms with van der Waals surface area (Å²) in [4.78, 5) is 3.61. The fourth-order valence-corrected chi connectivity index (χ4v) is 4.80. The van der Waals surface area contributed by atoms with E-state index in [1.807, 2.05) is 6.07 Å². The molecule has 1 aliphatic rings. The van der Waals surface area contributed by atoms with Gasteiger partial charge in [-0.05, 0) is 59.5 Å². The predicted molar refractivity (Wildman–Crippen MR) is 112 cm³/mol. The first kappa shape index (κ1) is 18.1. The molecule has 0 atom stereocenters. The van der Waals surface area contributed by atoms with Gasteiger partial charge in [0.15, 0.2) is 11.5 Å². The molecule has 0 saturated heterocycles. The lowest BCUT2D eigenvalue weighted by Crippen LogP contribution is -2.32. The van der Waals surface area contributed by atoms with Crippen LogP contribution in [0.5, 0.6) is 11.5 Å². The van der Waals surface area contributed by atoms with Gasteiger partial charge in [-0.25, -0.2) is 0 Å². The largest absolute Gasteiger partial charge is 0.504 e. The van der Waals surface area contributed by atoms with Gasteiger partial charge >= 0.3 is 0 Å². The molecule has 0 amide bonds. The summed E-state index contributed by atoms with van der Waals surface area (Å²) >= 11 is 1.69. The highest BCUT2D eigenvalue weighted by Gasteiger charge is 2.25. The second-order valence-corrected chi connectivity index (χ2v) is 8.10. The lowest BCUT2D eigenvalue weighted by molar-refractivity contribution is 0.256. The van der Waals surface area contributed by atoms with Crippen LogP contribution in [0.2, 0.25) is 0 Å². The number of phenols is 1. The Hall–Kier alpha value is -2.30. The van der Waals surface area contributed by atoms with E-state index < -0.39 is 0 Å². The molecule has 3 aromatic rings. The van der Waals surface area contributed by atoms with Crippen LogP contribution in [0.3, 0.4) is 0 Å². The average molecular weight is 380 g/mol. The van der Waals surface area contributed by atoms with E-state index in [4.69, 9.17) is 4.74 Å². The highest BCUT2D eigenvalue weighted by molar-refractivity contribution is 7.13. The normalized spacial score (nSPS) is 14.1. The third-order valence-electron chi connectivity index (χ3n) is 5.30. The van der Waals surface area contributed by atoms with Gasteiger partial charge in [-0.1, -0.05) is 30.3 Å². The molecule has 0 fully saturated rings. The summed E-state index contributed by atoms with van der Waals surface area (Å²) in [5, 5.41) is 13.0. The van der Waals surface area contributed by atoms with E-state index in [0.717, 1.165) is 42.9 Å². The summed E-state index contributed by atoms with van der Waals surface area (Å²) in [5.41, 5.74) is 6.08. The Morgan fingerprint density at radius 2 is 2.00 bits per heavy atom. The molecule has 140 valence electrons. The van der Waals surface area contributed by atoms with Gasteiger partial charge in [0.05, 0.1) is 7.11 Å². The number of hydrogen-bond donors (Lipinski definition) is 1. The van der Waals surface area contributed by atoms with Crippen LogP contribution < -0.4 is 4.74 Å². The topological polar surface area (TPSA) is 32.7 Å². The Kier molecular flexibility index (Phi) is 5.19. The fourth-order valence-electron chi connectivity index (χ4n) is 3.83. The second kappa shape index (κ2) is 7.75. The molecule has 4 heteroatoms. The molecular formula is C23H25NO2S. The smallest absolute Gasteiger partial charge is 0.166 e. The van der Waals surface area contributed by atoms with Crippen molar-refractivity contribution in [3.63, 3.8) is 0 Å². The van der Waals surface area contributed by atoms with Gasteiger partial charge in [0, 0.05) is 30.1 Å². The predicted octanol–water partition coefficient (Wildman–Crippen LogP) is 5.04. The van der Waals surface area contributed by atoms with Gasteiger partial charge in [0.25, 0.3) is 0 Å². The molecule has 0 saturated carbocycles. The number of nitrogens with zero attached hydrogens (tertiary/aromatic N) is 1. The van der Waals surface area contributed by atoms with Gasteiger partial charge < -0.3 is 9.84 Å². The van der Waals surface area contributed by atoms with Crippen molar-refractivity contribution in [1.29, 1.82) is 0 Å². The van der Waals surface area contributed by atoms with Crippen molar-refractivity contribution in [3.05, 3.63) is 70.1 Å². The minimum Gasteiger partial charge on any atom is -0.504 e. The van der Waals surface area contributed by atoms with E-state index in [0.29, 0.717) is 5.75 Å². The van der Waals surface area contributed by atoms with Crippen molar-refractivity contribution in [3.8, 4) is 21.9 Å². The number of benzene rings is 2. The highest BCUT2D eigenvalue weighted by atomic mass is 32.1. The maximum absolute atomic E-state index is 10.9. The molecule has 3 nitrogen and oxygen atoms in total. The van der Waals surface area contributed by atoms with Crippen molar-refractivity contribution in [1.82, 2.24) is 4.90 Å². The van der Waals surface area contributed by atoms with Crippen LogP contribution in [-0.4, -0.2) is 30.2 Å². The Bertz CT molecular complexity index is 933. The third kappa shape index (κ3) is 3.73. The Morgan fingerprint density at radius 1 is 1.19 bits per heavy atom. The van der Waals surface area contributed by atoms with E-state index in [2.05, 4.69) is 53.6 Å². The number of ether oxygens (including phenoxy) is 1. The van der Waals surface area contributed by atoms with Crippen LogP contribution in [0, 0.1) is 6.92 Å². The number of hydrogen-bond acceptors (Lipinski definition) is 4. The number of phenolic OH excluding ortho intramolecular Hbond substituents is 1. The Labute approximate surface area is 164 Å². The number of aromatic hydroxyl groups is 1. The van der Waals surface area contributed by atoms with Crippen molar-refractivity contribution in [2.24, 2.45) is 0 Å². The summed E-state index contributed by atoms with van der Waals surface area (Å²) in [6, 6.07) is 14.8. The van der Waals surface area contributed by atoms with E-state index in [1.165, 1.54) is 22.3 Å². The number of rotatable bonds is 5. The van der Waals surface area contributed by atoms with Crippen molar-refractivity contribution in [2.45, 2.75) is 26.3 Å². The fraction of sp³-hybridized carbons (Fsp3) is 0.304. The van der Waals surface area contributed by atoms with Gasteiger partial charge in [0.1, 0.15) is 0 Å². The molecule has 1 N–H and O–H groups in total. The summed E-state index contributed by atoms with van der Waals surface area (Å²) in [6.07, 6.45) is 2.03. The minimum absolute atomic E-state index is 0.267. The molecule has 2 heterocycles. The standard InChI is InChI=1S/C23H25NO2S/c1-16-12-21(27-15-16)22-19-14-24(10-8-17-6-4-3-5-7-17)11-9-18(19)13-20(26-2)23(22)25/h3-7,12-13,15,25H,8-11,14H2,1-2H3. The molecular weight excluding hydrogens is 354 g/mol. The van der Waals surface area contributed by atoms with Gasteiger partial charge in [-0.2, -0.15) is 0 Å². The van der Waals surface area contributed by atoms with Crippen molar-refractivity contribution >= 4 is 11.3 Å². The first-order valence-corrected chi connectivity index (χ1v) is 10.3. The highest BCUT2D eigenvalue weighted by Crippen LogP contribution is 2.45. The average Bonchev–Trinajstić information content (AvgIpc) is 3.12. The lowest BCUT2D eigenvalue weighted by atomic mass is 9.92. The zero-order valence-electron chi connectivity index (χ0n) is 15.9. The van der Waals surface area contributed by atoms with E-state index in [-0.39, 0.29) is 5.75 Å². The van der Waals surface area contributed by atoms with Crippen LogP contribution in [0.15, 0.2) is 47.8 Å². The Morgan fingerprint density at radius 3 is 2.70 bits per heavy atom. The summed E-state index contributed by atoms with van der Waals surface area (Å²) in [6.45, 7) is 5.03. The van der Waals surface area contributed by atoms with Gasteiger partial charge in [-0.3, -0.25) is 4.90 Å². The number of methoxy groups -OCH3 is 1. The third-order valence-corrected chi connectivity index (χ3v) is 6.37. The summed E-state index contributed by atoms with van der Waals surface area (Å²) in [7, 11) is 1.62. The van der Waals surface area contributed by atoms with Crippen LogP contribution in [0.1, 0.15) is 22.3 Å². The molecule has 4 rings (SSSR count). The molecule has 1 aliphatic heterocycles. The summed E-state index contributed by atoms with van der Waals surface area (Å²) < 4.78 is 5.45. The molecule has 0 spiro atoms. The quantitative estimate of drug-likeness (QED) is 0.674. The second-order valence-electron chi connectivity index (χ2n) is 7.19. The van der Waals surface area contributed by atoms with Crippen LogP contribution in [0.25, 0.3) is 10.4 Å².